The zero-order valence-electron chi connectivity index (χ0n) is 12.7. The molecule has 0 aliphatic carbocycles. The molecule has 0 fully saturated rings. The van der Waals surface area contributed by atoms with E-state index < -0.39 is 0 Å². The molecule has 0 saturated carbocycles. The highest BCUT2D eigenvalue weighted by Crippen LogP contribution is 2.06. The maximum absolute atomic E-state index is 2.45. The fraction of sp³-hybridized carbons (Fsp3) is 1.00. The Hall–Kier alpha value is 1.46. The fourth-order valence-corrected chi connectivity index (χ4v) is 2.83. The van der Waals surface area contributed by atoms with E-state index in [9.17, 15) is 0 Å². The maximum atomic E-state index is 2.45. The van der Waals surface area contributed by atoms with Gasteiger partial charge in [-0.15, -0.1) is 0 Å². The lowest BCUT2D eigenvalue weighted by Crippen LogP contribution is -1.77. The molecule has 0 aromatic heterocycles. The Bertz CT molecular complexity index is 89.7. The van der Waals surface area contributed by atoms with Crippen LogP contribution in [-0.2, 0) is 0 Å². The van der Waals surface area contributed by atoms with E-state index in [4.69, 9.17) is 0 Å². The molecule has 0 rings (SSSR count). The Morgan fingerprint density at radius 2 is 0.722 bits per heavy atom. The van der Waals surface area contributed by atoms with E-state index in [0.29, 0.717) is 0 Å². The Morgan fingerprint density at radius 3 is 1.00 bits per heavy atom. The van der Waals surface area contributed by atoms with E-state index in [1.165, 1.54) is 85.9 Å². The molecule has 0 aliphatic heterocycles. The summed E-state index contributed by atoms with van der Waals surface area (Å²) in [6.07, 6.45) is 17.1. The molecule has 0 amide bonds. The highest BCUT2D eigenvalue weighted by molar-refractivity contribution is 14.1. The van der Waals surface area contributed by atoms with Crippen LogP contribution in [0.3, 0.4) is 0 Å². The van der Waals surface area contributed by atoms with Gasteiger partial charge >= 0.3 is 0 Å². The third-order valence-electron chi connectivity index (χ3n) is 2.97. The average Bonchev–Trinajstić information content (AvgIpc) is 2.39. The van der Waals surface area contributed by atoms with Crippen LogP contribution in [0.4, 0.5) is 0 Å². The summed E-state index contributed by atoms with van der Waals surface area (Å²) in [5.41, 5.74) is 0. The summed E-state index contributed by atoms with van der Waals surface area (Å²) in [5, 5.41) is 0. The minimum atomic E-state index is 1.34. The number of rotatable bonds is 12. The summed E-state index contributed by atoms with van der Waals surface area (Å²) in [6, 6.07) is 0. The van der Waals surface area contributed by atoms with Crippen LogP contribution in [0.1, 0.15) is 90.9 Å². The van der Waals surface area contributed by atoms with Crippen molar-refractivity contribution in [1.82, 2.24) is 0 Å². The van der Waals surface area contributed by atoms with Crippen molar-refractivity contribution in [3.63, 3.8) is 0 Å². The van der Waals surface area contributed by atoms with Gasteiger partial charge in [-0.25, -0.2) is 0 Å². The average molecular weight is 480 g/mol. The van der Waals surface area contributed by atoms with E-state index in [0.717, 1.165) is 0 Å². The quantitative estimate of drug-likeness (QED) is 0.154. The fourth-order valence-electron chi connectivity index (χ4n) is 1.75. The van der Waals surface area contributed by atoms with E-state index in [2.05, 4.69) is 59.0 Å². The Kier molecular flexibility index (Phi) is 28.5. The second kappa shape index (κ2) is 23.5. The van der Waals surface area contributed by atoms with Gasteiger partial charge in [0.25, 0.3) is 0 Å². The van der Waals surface area contributed by atoms with Crippen LogP contribution in [0.2, 0.25) is 0 Å². The van der Waals surface area contributed by atoms with Crippen LogP contribution in [0.15, 0.2) is 0 Å². The third kappa shape index (κ3) is 26.1. The molecule has 112 valence electrons. The normalized spacial score (nSPS) is 10.0. The molecule has 0 N–H and O–H groups in total. The summed E-state index contributed by atoms with van der Waals surface area (Å²) in [4.78, 5) is 0. The Balaban J connectivity index is 0. The van der Waals surface area contributed by atoms with Crippen LogP contribution >= 0.6 is 45.2 Å². The molecule has 0 bridgehead atoms. The van der Waals surface area contributed by atoms with Crippen molar-refractivity contribution in [3.8, 4) is 0 Å². The first-order chi connectivity index (χ1) is 8.83. The predicted octanol–water partition coefficient (Wildman–Crippen LogP) is 7.56. The molecule has 0 heterocycles. The van der Waals surface area contributed by atoms with Gasteiger partial charge in [0.05, 0.1) is 0 Å². The molecule has 0 atom stereocenters. The first-order valence-electron chi connectivity index (χ1n) is 7.95. The maximum Gasteiger partial charge on any atom is -0.000473 e. The minimum absolute atomic E-state index is 1.34. The highest BCUT2D eigenvalue weighted by atomic mass is 127. The zero-order chi connectivity index (χ0) is 13.9. The van der Waals surface area contributed by atoms with Gasteiger partial charge in [-0.3, -0.25) is 0 Å². The topological polar surface area (TPSA) is 0 Å². The number of halogens is 2. The summed E-state index contributed by atoms with van der Waals surface area (Å²) < 4.78 is 2.67. The summed E-state index contributed by atoms with van der Waals surface area (Å²) in [5.74, 6) is 0. The molecule has 0 aromatic rings. The molecule has 0 unspecified atom stereocenters. The lowest BCUT2D eigenvalue weighted by Gasteiger charge is -1.95. The van der Waals surface area contributed by atoms with Gasteiger partial charge in [0.1, 0.15) is 0 Å². The molecule has 0 nitrogen and oxygen atoms in total. The molecular weight excluding hydrogens is 446 g/mol. The molecule has 0 spiro atoms. The van der Waals surface area contributed by atoms with Crippen LogP contribution in [-0.4, -0.2) is 8.86 Å². The van der Waals surface area contributed by atoms with Gasteiger partial charge in [0, 0.05) is 0 Å². The van der Waals surface area contributed by atoms with Crippen molar-refractivity contribution in [2.75, 3.05) is 8.86 Å². The second-order valence-corrected chi connectivity index (χ2v) is 7.07. The lowest BCUT2D eigenvalue weighted by atomic mass is 10.1. The molecular formula is C16H34I2. The van der Waals surface area contributed by atoms with E-state index >= 15 is 0 Å². The van der Waals surface area contributed by atoms with Crippen molar-refractivity contribution in [1.29, 1.82) is 0 Å². The number of hydrogen-bond donors (Lipinski definition) is 0. The van der Waals surface area contributed by atoms with Gasteiger partial charge in [0.15, 0.2) is 0 Å². The van der Waals surface area contributed by atoms with Crippen LogP contribution in [0.25, 0.3) is 0 Å². The number of alkyl halides is 2. The predicted molar refractivity (Wildman–Crippen MR) is 105 cm³/mol. The van der Waals surface area contributed by atoms with Gasteiger partial charge in [0.2, 0.25) is 0 Å². The van der Waals surface area contributed by atoms with Crippen molar-refractivity contribution < 1.29 is 0 Å². The summed E-state index contributed by atoms with van der Waals surface area (Å²) in [6.45, 7) is 4.52. The van der Waals surface area contributed by atoms with Crippen molar-refractivity contribution >= 4 is 45.2 Å². The summed E-state index contributed by atoms with van der Waals surface area (Å²) >= 11 is 4.90. The Labute approximate surface area is 144 Å². The van der Waals surface area contributed by atoms with Crippen molar-refractivity contribution in [3.05, 3.63) is 0 Å². The first-order valence-corrected chi connectivity index (χ1v) is 11.0. The smallest absolute Gasteiger partial charge is 0.000473 e. The molecule has 2 heteroatoms. The lowest BCUT2D eigenvalue weighted by molar-refractivity contribution is 0.629. The van der Waals surface area contributed by atoms with Crippen LogP contribution in [0, 0.1) is 0 Å². The summed E-state index contributed by atoms with van der Waals surface area (Å²) in [7, 11) is 0. The standard InChI is InChI=1S/2C8H17I/c2*1-2-3-4-5-6-7-8-9/h2*2-8H2,1H3. The van der Waals surface area contributed by atoms with Crippen molar-refractivity contribution in [2.24, 2.45) is 0 Å². The number of unbranched alkanes of at least 4 members (excludes halogenated alkanes) is 10. The first kappa shape index (κ1) is 21.8. The van der Waals surface area contributed by atoms with Crippen molar-refractivity contribution in [2.45, 2.75) is 90.9 Å². The molecule has 0 radical (unpaired) electrons. The van der Waals surface area contributed by atoms with Crippen LogP contribution < -0.4 is 0 Å². The third-order valence-corrected chi connectivity index (χ3v) is 4.50. The van der Waals surface area contributed by atoms with Gasteiger partial charge in [-0.1, -0.05) is 123 Å². The minimum Gasteiger partial charge on any atom is -0.0864 e. The van der Waals surface area contributed by atoms with E-state index in [1.54, 1.807) is 0 Å². The molecule has 0 saturated heterocycles. The van der Waals surface area contributed by atoms with Crippen LogP contribution in [0.5, 0.6) is 0 Å². The molecule has 0 aromatic carbocycles. The van der Waals surface area contributed by atoms with E-state index in [1.807, 2.05) is 0 Å². The van der Waals surface area contributed by atoms with Gasteiger partial charge in [-0.2, -0.15) is 0 Å². The number of hydrogen-bond acceptors (Lipinski definition) is 0. The molecule has 18 heavy (non-hydrogen) atoms. The zero-order valence-corrected chi connectivity index (χ0v) is 17.0. The molecule has 0 aliphatic rings. The highest BCUT2D eigenvalue weighted by Gasteiger charge is 1.87. The second-order valence-electron chi connectivity index (χ2n) is 4.91. The largest absolute Gasteiger partial charge is 0.0864 e. The van der Waals surface area contributed by atoms with Gasteiger partial charge < -0.3 is 0 Å². The van der Waals surface area contributed by atoms with Gasteiger partial charge in [-0.05, 0) is 21.7 Å². The monoisotopic (exact) mass is 480 g/mol. The SMILES string of the molecule is CCCCCCCCI.CCCCCCCCI. The Morgan fingerprint density at radius 1 is 0.444 bits per heavy atom. The van der Waals surface area contributed by atoms with E-state index in [-0.39, 0.29) is 0 Å².